The Morgan fingerprint density at radius 1 is 1.24 bits per heavy atom. The molecule has 0 unspecified atom stereocenters. The highest BCUT2D eigenvalue weighted by Gasteiger charge is 2.21. The van der Waals surface area contributed by atoms with Crippen LogP contribution in [0.25, 0.3) is 0 Å². The molecule has 21 heavy (non-hydrogen) atoms. The zero-order chi connectivity index (χ0) is 16.0. The minimum absolute atomic E-state index is 0.164. The van der Waals surface area contributed by atoms with Crippen molar-refractivity contribution in [2.45, 2.75) is 53.1 Å². The molecular weight excluding hydrogens is 264 g/mol. The van der Waals surface area contributed by atoms with Crippen LogP contribution in [-0.2, 0) is 12.8 Å². The number of carbonyl (C=O) groups excluding carboxylic acids is 1. The molecule has 118 valence electrons. The maximum Gasteiger partial charge on any atom is 0.321 e. The van der Waals surface area contributed by atoms with E-state index < -0.39 is 5.60 Å². The maximum absolute atomic E-state index is 12.4. The third kappa shape index (κ3) is 5.38. The Balaban J connectivity index is 2.90. The molecule has 0 fully saturated rings. The SMILES string of the molecule is CCc1ccc(CC)c(NC(=O)N(CC)CC(C)(C)O)c1. The Morgan fingerprint density at radius 3 is 2.38 bits per heavy atom. The van der Waals surface area contributed by atoms with Crippen LogP contribution in [0.1, 0.15) is 45.7 Å². The Hall–Kier alpha value is -1.55. The highest BCUT2D eigenvalue weighted by molar-refractivity contribution is 5.90. The smallest absolute Gasteiger partial charge is 0.321 e. The second-order valence-corrected chi connectivity index (χ2v) is 5.96. The number of nitrogens with zero attached hydrogens (tertiary/aromatic N) is 1. The van der Waals surface area contributed by atoms with E-state index in [1.54, 1.807) is 18.7 Å². The van der Waals surface area contributed by atoms with Crippen molar-refractivity contribution in [2.75, 3.05) is 18.4 Å². The van der Waals surface area contributed by atoms with Gasteiger partial charge in [0, 0.05) is 12.2 Å². The third-order valence-electron chi connectivity index (χ3n) is 3.45. The standard InChI is InChI=1S/C17H28N2O2/c1-6-13-9-10-14(7-2)15(11-13)18-16(20)19(8-3)12-17(4,5)21/h9-11,21H,6-8,12H2,1-5H3,(H,18,20). The van der Waals surface area contributed by atoms with Crippen LogP contribution in [0.4, 0.5) is 10.5 Å². The first-order valence-electron chi connectivity index (χ1n) is 7.70. The van der Waals surface area contributed by atoms with E-state index in [0.717, 1.165) is 24.1 Å². The second kappa shape index (κ2) is 7.46. The van der Waals surface area contributed by atoms with E-state index in [-0.39, 0.29) is 6.03 Å². The van der Waals surface area contributed by atoms with Gasteiger partial charge < -0.3 is 15.3 Å². The van der Waals surface area contributed by atoms with Crippen LogP contribution in [0.3, 0.4) is 0 Å². The number of urea groups is 1. The van der Waals surface area contributed by atoms with Crippen molar-refractivity contribution in [1.29, 1.82) is 0 Å². The third-order valence-corrected chi connectivity index (χ3v) is 3.45. The first-order valence-corrected chi connectivity index (χ1v) is 7.70. The van der Waals surface area contributed by atoms with Crippen LogP contribution in [0.5, 0.6) is 0 Å². The number of hydrogen-bond donors (Lipinski definition) is 2. The minimum atomic E-state index is -0.897. The fraction of sp³-hybridized carbons (Fsp3) is 0.588. The van der Waals surface area contributed by atoms with E-state index in [1.165, 1.54) is 5.56 Å². The molecule has 0 aliphatic rings. The summed E-state index contributed by atoms with van der Waals surface area (Å²) < 4.78 is 0. The zero-order valence-electron chi connectivity index (χ0n) is 13.9. The molecule has 0 bridgehead atoms. The molecule has 0 aromatic heterocycles. The van der Waals surface area contributed by atoms with Crippen molar-refractivity contribution in [3.8, 4) is 0 Å². The summed E-state index contributed by atoms with van der Waals surface area (Å²) in [5.41, 5.74) is 2.30. The topological polar surface area (TPSA) is 52.6 Å². The maximum atomic E-state index is 12.4. The van der Waals surface area contributed by atoms with Gasteiger partial charge in [-0.1, -0.05) is 26.0 Å². The summed E-state index contributed by atoms with van der Waals surface area (Å²) in [4.78, 5) is 14.0. The molecule has 0 saturated heterocycles. The molecule has 2 amide bonds. The monoisotopic (exact) mass is 292 g/mol. The summed E-state index contributed by atoms with van der Waals surface area (Å²) in [5.74, 6) is 0. The zero-order valence-corrected chi connectivity index (χ0v) is 13.9. The van der Waals surface area contributed by atoms with E-state index in [2.05, 4.69) is 31.3 Å². The van der Waals surface area contributed by atoms with Gasteiger partial charge in [-0.05, 0) is 50.8 Å². The molecule has 2 N–H and O–H groups in total. The number of anilines is 1. The van der Waals surface area contributed by atoms with Gasteiger partial charge in [0.1, 0.15) is 0 Å². The van der Waals surface area contributed by atoms with Gasteiger partial charge in [0.25, 0.3) is 0 Å². The quantitative estimate of drug-likeness (QED) is 0.844. The number of nitrogens with one attached hydrogen (secondary N) is 1. The lowest BCUT2D eigenvalue weighted by atomic mass is 10.1. The van der Waals surface area contributed by atoms with Crippen molar-refractivity contribution in [2.24, 2.45) is 0 Å². The molecule has 4 nitrogen and oxygen atoms in total. The highest BCUT2D eigenvalue weighted by Crippen LogP contribution is 2.20. The lowest BCUT2D eigenvalue weighted by Gasteiger charge is -2.28. The van der Waals surface area contributed by atoms with Crippen LogP contribution in [0.2, 0.25) is 0 Å². The van der Waals surface area contributed by atoms with Gasteiger partial charge in [-0.15, -0.1) is 0 Å². The molecule has 4 heteroatoms. The van der Waals surface area contributed by atoms with E-state index in [1.807, 2.05) is 13.0 Å². The number of aryl methyl sites for hydroxylation is 2. The van der Waals surface area contributed by atoms with Gasteiger partial charge in [0.15, 0.2) is 0 Å². The summed E-state index contributed by atoms with van der Waals surface area (Å²) >= 11 is 0. The van der Waals surface area contributed by atoms with E-state index in [9.17, 15) is 9.90 Å². The molecular formula is C17H28N2O2. The van der Waals surface area contributed by atoms with Crippen LogP contribution < -0.4 is 5.32 Å². The van der Waals surface area contributed by atoms with Crippen LogP contribution in [0.15, 0.2) is 18.2 Å². The second-order valence-electron chi connectivity index (χ2n) is 5.96. The predicted octanol–water partition coefficient (Wildman–Crippen LogP) is 3.44. The van der Waals surface area contributed by atoms with Crippen LogP contribution in [-0.4, -0.2) is 34.7 Å². The Bertz CT molecular complexity index is 478. The van der Waals surface area contributed by atoms with Gasteiger partial charge in [-0.25, -0.2) is 4.79 Å². The molecule has 0 spiro atoms. The summed E-state index contributed by atoms with van der Waals surface area (Å²) in [7, 11) is 0. The van der Waals surface area contributed by atoms with Crippen molar-refractivity contribution in [3.05, 3.63) is 29.3 Å². The summed E-state index contributed by atoms with van der Waals surface area (Å²) in [6.45, 7) is 10.4. The molecule has 1 aromatic rings. The highest BCUT2D eigenvalue weighted by atomic mass is 16.3. The molecule has 1 aromatic carbocycles. The van der Waals surface area contributed by atoms with E-state index in [0.29, 0.717) is 13.1 Å². The average Bonchev–Trinajstić information content (AvgIpc) is 2.43. The Morgan fingerprint density at radius 2 is 1.90 bits per heavy atom. The van der Waals surface area contributed by atoms with Crippen molar-refractivity contribution in [1.82, 2.24) is 4.90 Å². The average molecular weight is 292 g/mol. The van der Waals surface area contributed by atoms with E-state index in [4.69, 9.17) is 0 Å². The first-order chi connectivity index (χ1) is 9.80. The molecule has 0 radical (unpaired) electrons. The first kappa shape index (κ1) is 17.5. The fourth-order valence-corrected chi connectivity index (χ4v) is 2.26. The van der Waals surface area contributed by atoms with Gasteiger partial charge >= 0.3 is 6.03 Å². The number of benzene rings is 1. The summed E-state index contributed by atoms with van der Waals surface area (Å²) in [6.07, 6.45) is 1.81. The van der Waals surface area contributed by atoms with Crippen molar-refractivity contribution >= 4 is 11.7 Å². The minimum Gasteiger partial charge on any atom is -0.389 e. The van der Waals surface area contributed by atoms with Crippen molar-refractivity contribution < 1.29 is 9.90 Å². The molecule has 0 aliphatic carbocycles. The molecule has 1 rings (SSSR count). The largest absolute Gasteiger partial charge is 0.389 e. The van der Waals surface area contributed by atoms with Gasteiger partial charge in [0.05, 0.1) is 12.1 Å². The van der Waals surface area contributed by atoms with E-state index >= 15 is 0 Å². The molecule has 0 heterocycles. The fourth-order valence-electron chi connectivity index (χ4n) is 2.26. The number of amides is 2. The van der Waals surface area contributed by atoms with Gasteiger partial charge in [-0.3, -0.25) is 0 Å². The molecule has 0 saturated carbocycles. The summed E-state index contributed by atoms with van der Waals surface area (Å²) in [6, 6.07) is 6.04. The molecule has 0 aliphatic heterocycles. The number of likely N-dealkylation sites (N-methyl/N-ethyl adjacent to an activating group) is 1. The number of rotatable bonds is 6. The van der Waals surface area contributed by atoms with Gasteiger partial charge in [-0.2, -0.15) is 0 Å². The molecule has 0 atom stereocenters. The predicted molar refractivity (Wildman–Crippen MR) is 87.8 cm³/mol. The Kier molecular flexibility index (Phi) is 6.21. The van der Waals surface area contributed by atoms with Crippen molar-refractivity contribution in [3.63, 3.8) is 0 Å². The lowest BCUT2D eigenvalue weighted by molar-refractivity contribution is 0.0501. The Labute approximate surface area is 128 Å². The number of carbonyl (C=O) groups is 1. The van der Waals surface area contributed by atoms with Crippen LogP contribution in [0, 0.1) is 0 Å². The number of aliphatic hydroxyl groups is 1. The van der Waals surface area contributed by atoms with Gasteiger partial charge in [0.2, 0.25) is 0 Å². The number of hydrogen-bond acceptors (Lipinski definition) is 2. The lowest BCUT2D eigenvalue weighted by Crippen LogP contribution is -2.44. The normalized spacial score (nSPS) is 11.3. The summed E-state index contributed by atoms with van der Waals surface area (Å²) in [5, 5.41) is 12.9. The van der Waals surface area contributed by atoms with Crippen LogP contribution >= 0.6 is 0 Å².